The van der Waals surface area contributed by atoms with Crippen molar-refractivity contribution in [3.63, 3.8) is 0 Å². The van der Waals surface area contributed by atoms with Gasteiger partial charge in [-0.25, -0.2) is 0 Å². The summed E-state index contributed by atoms with van der Waals surface area (Å²) < 4.78 is 5.81. The third-order valence-electron chi connectivity index (χ3n) is 3.76. The van der Waals surface area contributed by atoms with Crippen molar-refractivity contribution >= 4 is 11.4 Å². The van der Waals surface area contributed by atoms with Crippen molar-refractivity contribution in [1.29, 1.82) is 0 Å². The van der Waals surface area contributed by atoms with Crippen LogP contribution in [-0.2, 0) is 11.2 Å². The van der Waals surface area contributed by atoms with Gasteiger partial charge >= 0.3 is 0 Å². The molecule has 1 saturated heterocycles. The third-order valence-corrected chi connectivity index (χ3v) is 3.76. The molecule has 1 heterocycles. The van der Waals surface area contributed by atoms with E-state index in [0.29, 0.717) is 0 Å². The smallest absolute Gasteiger partial charge is 0.0741 e. The molecule has 2 aromatic carbocycles. The minimum absolute atomic E-state index is 0.247. The SMILES string of the molecule is [CH2]c1ccccc1Nc1ccccc1CC1CNCCO1. The van der Waals surface area contributed by atoms with Crippen LogP contribution in [-0.4, -0.2) is 25.8 Å². The molecule has 0 aliphatic carbocycles. The molecule has 3 nitrogen and oxygen atoms in total. The lowest BCUT2D eigenvalue weighted by atomic mass is 10.0. The summed E-state index contributed by atoms with van der Waals surface area (Å²) >= 11 is 0. The predicted octanol–water partition coefficient (Wildman–Crippen LogP) is 3.14. The molecule has 0 aromatic heterocycles. The molecular formula is C18H21N2O. The summed E-state index contributed by atoms with van der Waals surface area (Å²) in [5, 5.41) is 6.87. The Morgan fingerprint density at radius 1 is 1.10 bits per heavy atom. The van der Waals surface area contributed by atoms with E-state index in [0.717, 1.165) is 43.1 Å². The number of morpholine rings is 1. The molecule has 0 amide bonds. The highest BCUT2D eigenvalue weighted by molar-refractivity contribution is 5.66. The summed E-state index contributed by atoms with van der Waals surface area (Å²) in [5.41, 5.74) is 4.45. The minimum Gasteiger partial charge on any atom is -0.375 e. The topological polar surface area (TPSA) is 33.3 Å². The fourth-order valence-corrected chi connectivity index (χ4v) is 2.60. The van der Waals surface area contributed by atoms with E-state index in [1.165, 1.54) is 5.56 Å². The van der Waals surface area contributed by atoms with Gasteiger partial charge in [0.1, 0.15) is 0 Å². The predicted molar refractivity (Wildman–Crippen MR) is 86.9 cm³/mol. The number of para-hydroxylation sites is 2. The standard InChI is InChI=1S/C18H21N2O/c1-14-6-2-4-8-17(14)20-18-9-5-3-7-15(18)12-16-13-19-10-11-21-16/h2-9,16,19-20H,1,10-13H2. The highest BCUT2D eigenvalue weighted by atomic mass is 16.5. The molecule has 0 spiro atoms. The lowest BCUT2D eigenvalue weighted by Crippen LogP contribution is -2.39. The van der Waals surface area contributed by atoms with E-state index in [4.69, 9.17) is 4.74 Å². The molecule has 1 aliphatic rings. The van der Waals surface area contributed by atoms with Gasteiger partial charge in [-0.05, 0) is 30.2 Å². The largest absolute Gasteiger partial charge is 0.375 e. The molecule has 0 saturated carbocycles. The molecule has 109 valence electrons. The Kier molecular flexibility index (Phi) is 4.53. The normalized spacial score (nSPS) is 18.4. The molecule has 1 unspecified atom stereocenters. The van der Waals surface area contributed by atoms with Gasteiger partial charge in [-0.3, -0.25) is 0 Å². The Morgan fingerprint density at radius 2 is 1.86 bits per heavy atom. The number of hydrogen-bond donors (Lipinski definition) is 2. The van der Waals surface area contributed by atoms with Gasteiger partial charge < -0.3 is 15.4 Å². The maximum absolute atomic E-state index is 5.81. The first-order chi connectivity index (χ1) is 10.3. The Balaban J connectivity index is 1.77. The number of nitrogens with one attached hydrogen (secondary N) is 2. The van der Waals surface area contributed by atoms with Crippen LogP contribution in [0.1, 0.15) is 11.1 Å². The first-order valence-corrected chi connectivity index (χ1v) is 7.41. The van der Waals surface area contributed by atoms with Crippen molar-refractivity contribution in [1.82, 2.24) is 5.32 Å². The summed E-state index contributed by atoms with van der Waals surface area (Å²) in [6.07, 6.45) is 1.16. The van der Waals surface area contributed by atoms with Crippen LogP contribution in [0.25, 0.3) is 0 Å². The first kappa shape index (κ1) is 14.1. The van der Waals surface area contributed by atoms with Crippen LogP contribution in [0.2, 0.25) is 0 Å². The van der Waals surface area contributed by atoms with Crippen LogP contribution in [0.4, 0.5) is 11.4 Å². The molecule has 1 radical (unpaired) electrons. The molecule has 2 N–H and O–H groups in total. The molecule has 2 aromatic rings. The van der Waals surface area contributed by atoms with E-state index >= 15 is 0 Å². The van der Waals surface area contributed by atoms with Gasteiger partial charge in [0.05, 0.1) is 12.7 Å². The second-order valence-corrected chi connectivity index (χ2v) is 5.34. The number of benzene rings is 2. The number of anilines is 2. The van der Waals surface area contributed by atoms with Crippen LogP contribution in [0.15, 0.2) is 48.5 Å². The maximum Gasteiger partial charge on any atom is 0.0741 e. The average molecular weight is 281 g/mol. The van der Waals surface area contributed by atoms with Gasteiger partial charge in [-0.1, -0.05) is 36.4 Å². The highest BCUT2D eigenvalue weighted by Crippen LogP contribution is 2.24. The molecule has 3 heteroatoms. The summed E-state index contributed by atoms with van der Waals surface area (Å²) in [6, 6.07) is 16.5. The van der Waals surface area contributed by atoms with E-state index < -0.39 is 0 Å². The van der Waals surface area contributed by atoms with Gasteiger partial charge in [-0.15, -0.1) is 0 Å². The lowest BCUT2D eigenvalue weighted by Gasteiger charge is -2.24. The van der Waals surface area contributed by atoms with E-state index in [-0.39, 0.29) is 6.10 Å². The van der Waals surface area contributed by atoms with Gasteiger partial charge in [0, 0.05) is 30.9 Å². The van der Waals surface area contributed by atoms with E-state index in [9.17, 15) is 0 Å². The molecule has 0 bridgehead atoms. The molecule has 1 fully saturated rings. The Hall–Kier alpha value is -1.84. The first-order valence-electron chi connectivity index (χ1n) is 7.41. The van der Waals surface area contributed by atoms with E-state index in [1.807, 2.05) is 18.2 Å². The highest BCUT2D eigenvalue weighted by Gasteiger charge is 2.15. The second-order valence-electron chi connectivity index (χ2n) is 5.34. The average Bonchev–Trinajstić information content (AvgIpc) is 2.52. The zero-order valence-electron chi connectivity index (χ0n) is 12.1. The van der Waals surface area contributed by atoms with Crippen molar-refractivity contribution < 1.29 is 4.74 Å². The zero-order chi connectivity index (χ0) is 14.5. The van der Waals surface area contributed by atoms with Gasteiger partial charge in [-0.2, -0.15) is 0 Å². The summed E-state index contributed by atoms with van der Waals surface area (Å²) in [4.78, 5) is 0. The van der Waals surface area contributed by atoms with Crippen molar-refractivity contribution in [2.24, 2.45) is 0 Å². The van der Waals surface area contributed by atoms with Crippen molar-refractivity contribution in [3.8, 4) is 0 Å². The molecule has 21 heavy (non-hydrogen) atoms. The van der Waals surface area contributed by atoms with Crippen LogP contribution in [0.5, 0.6) is 0 Å². The Labute approximate surface area is 126 Å². The Bertz CT molecular complexity index is 591. The zero-order valence-corrected chi connectivity index (χ0v) is 12.1. The lowest BCUT2D eigenvalue weighted by molar-refractivity contribution is 0.0293. The molecule has 3 rings (SSSR count). The monoisotopic (exact) mass is 281 g/mol. The van der Waals surface area contributed by atoms with Gasteiger partial charge in [0.2, 0.25) is 0 Å². The van der Waals surface area contributed by atoms with Crippen LogP contribution >= 0.6 is 0 Å². The number of rotatable bonds is 4. The second kappa shape index (κ2) is 6.74. The Morgan fingerprint density at radius 3 is 2.62 bits per heavy atom. The quantitative estimate of drug-likeness (QED) is 0.903. The van der Waals surface area contributed by atoms with Gasteiger partial charge in [0.25, 0.3) is 0 Å². The third kappa shape index (κ3) is 3.63. The number of hydrogen-bond acceptors (Lipinski definition) is 3. The van der Waals surface area contributed by atoms with Crippen molar-refractivity contribution in [2.75, 3.05) is 25.0 Å². The van der Waals surface area contributed by atoms with Crippen LogP contribution < -0.4 is 10.6 Å². The fourth-order valence-electron chi connectivity index (χ4n) is 2.60. The maximum atomic E-state index is 5.81. The van der Waals surface area contributed by atoms with Gasteiger partial charge in [0.15, 0.2) is 0 Å². The summed E-state index contributed by atoms with van der Waals surface area (Å²) in [7, 11) is 0. The minimum atomic E-state index is 0.247. The molecular weight excluding hydrogens is 260 g/mol. The summed E-state index contributed by atoms with van der Waals surface area (Å²) in [6.45, 7) is 6.73. The molecule has 1 aliphatic heterocycles. The van der Waals surface area contributed by atoms with Crippen LogP contribution in [0.3, 0.4) is 0 Å². The number of ether oxygens (including phenoxy) is 1. The fraction of sp³-hybridized carbons (Fsp3) is 0.278. The van der Waals surface area contributed by atoms with Crippen molar-refractivity contribution in [2.45, 2.75) is 12.5 Å². The van der Waals surface area contributed by atoms with Crippen molar-refractivity contribution in [3.05, 3.63) is 66.6 Å². The van der Waals surface area contributed by atoms with E-state index in [1.54, 1.807) is 0 Å². The van der Waals surface area contributed by atoms with Crippen LogP contribution in [0, 0.1) is 6.92 Å². The van der Waals surface area contributed by atoms with E-state index in [2.05, 4.69) is 47.9 Å². The molecule has 1 atom stereocenters. The summed E-state index contributed by atoms with van der Waals surface area (Å²) in [5.74, 6) is 0.